The molecule has 10 heteroatoms. The maximum absolute atomic E-state index is 10.9. The topological polar surface area (TPSA) is 128 Å². The Hall–Kier alpha value is -5.12. The van der Waals surface area contributed by atoms with Gasteiger partial charge in [-0.2, -0.15) is 0 Å². The molecule has 0 atom stereocenters. The van der Waals surface area contributed by atoms with Crippen molar-refractivity contribution < 1.29 is 9.84 Å². The molecule has 0 spiro atoms. The van der Waals surface area contributed by atoms with E-state index in [0.29, 0.717) is 35.1 Å². The summed E-state index contributed by atoms with van der Waals surface area (Å²) in [6.45, 7) is 0.528. The molecule has 7 rings (SSSR count). The molecule has 0 amide bonds. The summed E-state index contributed by atoms with van der Waals surface area (Å²) in [5.74, 6) is 2.63. The summed E-state index contributed by atoms with van der Waals surface area (Å²) in [6, 6.07) is 25.9. The molecule has 0 radical (unpaired) electrons. The minimum atomic E-state index is -0.152. The molecule has 1 aliphatic carbocycles. The van der Waals surface area contributed by atoms with Crippen LogP contribution in [0.4, 0.5) is 0 Å². The van der Waals surface area contributed by atoms with Gasteiger partial charge in [-0.05, 0) is 52.1 Å². The number of rotatable bonds is 7. The van der Waals surface area contributed by atoms with Gasteiger partial charge in [-0.3, -0.25) is 0 Å². The van der Waals surface area contributed by atoms with Crippen LogP contribution in [0.25, 0.3) is 33.5 Å². The maximum Gasteiger partial charge on any atom is 0.267 e. The lowest BCUT2D eigenvalue weighted by molar-refractivity contribution is 0.417. The van der Waals surface area contributed by atoms with E-state index in [9.17, 15) is 5.11 Å². The molecule has 0 unspecified atom stereocenters. The first-order valence-electron chi connectivity index (χ1n) is 13.9. The molecule has 1 fully saturated rings. The van der Waals surface area contributed by atoms with Crippen LogP contribution in [0.1, 0.15) is 49.4 Å². The Bertz CT molecular complexity index is 1780. The molecular weight excluding hydrogens is 516 g/mol. The van der Waals surface area contributed by atoms with Crippen molar-refractivity contribution in [2.45, 2.75) is 44.6 Å². The van der Waals surface area contributed by atoms with E-state index in [1.165, 1.54) is 19.3 Å². The van der Waals surface area contributed by atoms with E-state index in [0.717, 1.165) is 40.9 Å². The van der Waals surface area contributed by atoms with Crippen molar-refractivity contribution in [3.8, 4) is 40.0 Å². The van der Waals surface area contributed by atoms with E-state index < -0.39 is 0 Å². The predicted molar refractivity (Wildman–Crippen MR) is 153 cm³/mol. The van der Waals surface area contributed by atoms with Crippen molar-refractivity contribution in [3.05, 3.63) is 90.3 Å². The lowest BCUT2D eigenvalue weighted by Gasteiger charge is -2.22. The minimum Gasteiger partial charge on any atom is -0.491 e. The zero-order valence-electron chi connectivity index (χ0n) is 22.3. The Morgan fingerprint density at radius 2 is 1.59 bits per heavy atom. The summed E-state index contributed by atoms with van der Waals surface area (Å²) < 4.78 is 8.18. The molecule has 3 heterocycles. The SMILES string of the molecule is Oc1nnc(Oc2ccccc2)c2nc(C3CCCCC3)n(Cc3ccc(-c4ccccc4-c4nnn[nH]4)cc3)c12. The number of aromatic nitrogens is 8. The summed E-state index contributed by atoms with van der Waals surface area (Å²) in [4.78, 5) is 5.05. The van der Waals surface area contributed by atoms with Crippen LogP contribution < -0.4 is 4.74 Å². The number of ether oxygens (including phenoxy) is 1. The van der Waals surface area contributed by atoms with Crippen LogP contribution in [-0.4, -0.2) is 45.5 Å². The Kier molecular flexibility index (Phi) is 6.56. The summed E-state index contributed by atoms with van der Waals surface area (Å²) >= 11 is 0. The first kappa shape index (κ1) is 24.9. The molecule has 2 N–H and O–H groups in total. The first-order valence-corrected chi connectivity index (χ1v) is 13.9. The number of H-pyrrole nitrogens is 1. The molecule has 3 aromatic carbocycles. The zero-order chi connectivity index (χ0) is 27.6. The number of nitrogens with zero attached hydrogens (tertiary/aromatic N) is 7. The number of para-hydroxylation sites is 1. The average molecular weight is 545 g/mol. The van der Waals surface area contributed by atoms with Gasteiger partial charge in [0.15, 0.2) is 11.3 Å². The molecule has 6 aromatic rings. The van der Waals surface area contributed by atoms with Gasteiger partial charge in [0.05, 0.1) is 0 Å². The monoisotopic (exact) mass is 544 g/mol. The molecule has 41 heavy (non-hydrogen) atoms. The van der Waals surface area contributed by atoms with Crippen LogP contribution in [0.5, 0.6) is 17.5 Å². The van der Waals surface area contributed by atoms with Gasteiger partial charge in [-0.15, -0.1) is 15.3 Å². The number of aromatic amines is 1. The van der Waals surface area contributed by atoms with Gasteiger partial charge in [0.1, 0.15) is 17.1 Å². The Morgan fingerprint density at radius 3 is 2.34 bits per heavy atom. The fourth-order valence-electron chi connectivity index (χ4n) is 5.72. The second-order valence-corrected chi connectivity index (χ2v) is 10.3. The average Bonchev–Trinajstić information content (AvgIpc) is 3.70. The van der Waals surface area contributed by atoms with Gasteiger partial charge in [-0.1, -0.05) is 86.0 Å². The normalized spacial score (nSPS) is 14.0. The number of fused-ring (bicyclic) bond motifs is 1. The van der Waals surface area contributed by atoms with Crippen molar-refractivity contribution in [3.63, 3.8) is 0 Å². The van der Waals surface area contributed by atoms with Crippen molar-refractivity contribution in [2.75, 3.05) is 0 Å². The third kappa shape index (κ3) is 4.88. The molecule has 0 bridgehead atoms. The third-order valence-electron chi connectivity index (χ3n) is 7.71. The number of tetrazole rings is 1. The van der Waals surface area contributed by atoms with E-state index in [2.05, 4.69) is 65.7 Å². The van der Waals surface area contributed by atoms with Crippen LogP contribution >= 0.6 is 0 Å². The van der Waals surface area contributed by atoms with Crippen molar-refractivity contribution in [2.24, 2.45) is 0 Å². The first-order chi connectivity index (χ1) is 20.2. The number of hydrogen-bond donors (Lipinski definition) is 2. The Morgan fingerprint density at radius 1 is 0.829 bits per heavy atom. The van der Waals surface area contributed by atoms with Crippen molar-refractivity contribution >= 4 is 11.0 Å². The van der Waals surface area contributed by atoms with E-state index in [1.54, 1.807) is 0 Å². The molecule has 1 aliphatic rings. The van der Waals surface area contributed by atoms with Crippen LogP contribution in [-0.2, 0) is 6.54 Å². The highest BCUT2D eigenvalue weighted by atomic mass is 16.5. The zero-order valence-corrected chi connectivity index (χ0v) is 22.3. The molecule has 1 saturated carbocycles. The largest absolute Gasteiger partial charge is 0.491 e. The van der Waals surface area contributed by atoms with Crippen molar-refractivity contribution in [1.82, 2.24) is 40.4 Å². The number of benzene rings is 3. The standard InChI is InChI=1S/C31H28N8O2/c40-30-27-26(31(36-35-30)41-23-11-5-2-6-12-23)32-29(22-9-3-1-4-10-22)39(27)19-20-15-17-21(18-16-20)24-13-7-8-14-25(24)28-33-37-38-34-28/h2,5-8,11-18,22H,1,3-4,9-10,19H2,(H,35,40)(H,33,34,37,38). The molecular formula is C31H28N8O2. The van der Waals surface area contributed by atoms with Crippen LogP contribution in [0.3, 0.4) is 0 Å². The molecule has 0 saturated heterocycles. The fourth-order valence-corrected chi connectivity index (χ4v) is 5.72. The highest BCUT2D eigenvalue weighted by Gasteiger charge is 2.27. The summed E-state index contributed by atoms with van der Waals surface area (Å²) in [7, 11) is 0. The number of imidazole rings is 1. The second-order valence-electron chi connectivity index (χ2n) is 10.3. The molecule has 204 valence electrons. The van der Waals surface area contributed by atoms with Gasteiger partial charge < -0.3 is 14.4 Å². The van der Waals surface area contributed by atoms with E-state index in [4.69, 9.17) is 9.72 Å². The fraction of sp³-hybridized carbons (Fsp3) is 0.226. The predicted octanol–water partition coefficient (Wildman–Crippen LogP) is 6.27. The number of aromatic hydroxyl groups is 1. The third-order valence-corrected chi connectivity index (χ3v) is 7.71. The summed E-state index contributed by atoms with van der Waals surface area (Å²) in [6.07, 6.45) is 5.69. The second kappa shape index (κ2) is 10.8. The smallest absolute Gasteiger partial charge is 0.267 e. The lowest BCUT2D eigenvalue weighted by Crippen LogP contribution is -2.13. The van der Waals surface area contributed by atoms with Gasteiger partial charge in [0.25, 0.3) is 11.8 Å². The highest BCUT2D eigenvalue weighted by Crippen LogP contribution is 2.39. The summed E-state index contributed by atoms with van der Waals surface area (Å²) in [5, 5.41) is 33.6. The van der Waals surface area contributed by atoms with Crippen LogP contribution in [0.2, 0.25) is 0 Å². The molecule has 3 aromatic heterocycles. The van der Waals surface area contributed by atoms with Gasteiger partial charge in [0, 0.05) is 18.0 Å². The van der Waals surface area contributed by atoms with Gasteiger partial charge >= 0.3 is 0 Å². The van der Waals surface area contributed by atoms with E-state index >= 15 is 0 Å². The van der Waals surface area contributed by atoms with Crippen LogP contribution in [0.15, 0.2) is 78.9 Å². The Balaban J connectivity index is 1.27. The highest BCUT2D eigenvalue weighted by molar-refractivity contribution is 5.85. The van der Waals surface area contributed by atoms with Gasteiger partial charge in [-0.25, -0.2) is 10.1 Å². The van der Waals surface area contributed by atoms with Crippen LogP contribution in [0, 0.1) is 0 Å². The van der Waals surface area contributed by atoms with E-state index in [-0.39, 0.29) is 11.8 Å². The van der Waals surface area contributed by atoms with Gasteiger partial charge in [0.2, 0.25) is 0 Å². The van der Waals surface area contributed by atoms with Crippen molar-refractivity contribution in [1.29, 1.82) is 0 Å². The quantitative estimate of drug-likeness (QED) is 0.241. The summed E-state index contributed by atoms with van der Waals surface area (Å²) in [5.41, 5.74) is 5.15. The number of nitrogens with one attached hydrogen (secondary N) is 1. The molecule has 10 nitrogen and oxygen atoms in total. The maximum atomic E-state index is 10.9. The minimum absolute atomic E-state index is 0.152. The number of hydrogen-bond acceptors (Lipinski definition) is 8. The Labute approximate surface area is 236 Å². The lowest BCUT2D eigenvalue weighted by atomic mass is 9.88. The molecule has 0 aliphatic heterocycles. The van der Waals surface area contributed by atoms with E-state index in [1.807, 2.05) is 48.5 Å².